The number of thiocarbonyl (C=S) groups is 1. The van der Waals surface area contributed by atoms with Crippen molar-refractivity contribution in [3.05, 3.63) is 0 Å². The first-order valence-electron chi connectivity index (χ1n) is 6.98. The monoisotopic (exact) mass is 306 g/mol. The fourth-order valence-electron chi connectivity index (χ4n) is 1.49. The van der Waals surface area contributed by atoms with Gasteiger partial charge in [-0.15, -0.1) is 0 Å². The average molecular weight is 306 g/mol. The van der Waals surface area contributed by atoms with Gasteiger partial charge in [0.05, 0.1) is 18.5 Å². The normalized spacial score (nSPS) is 12.3. The first-order chi connectivity index (χ1) is 8.99. The lowest BCUT2D eigenvalue weighted by Crippen LogP contribution is -2.16. The molecule has 5 heteroatoms. The van der Waals surface area contributed by atoms with E-state index in [1.807, 2.05) is 13.8 Å². The van der Waals surface area contributed by atoms with Crippen LogP contribution in [0.25, 0.3) is 0 Å². The summed E-state index contributed by atoms with van der Waals surface area (Å²) in [5, 5.41) is 0. The Morgan fingerprint density at radius 3 is 2.53 bits per heavy atom. The van der Waals surface area contributed by atoms with E-state index in [9.17, 15) is 4.79 Å². The zero-order valence-corrected chi connectivity index (χ0v) is 14.1. The number of carbonyl (C=O) groups excluding carboxylic acids is 1. The van der Waals surface area contributed by atoms with Gasteiger partial charge in [0.15, 0.2) is 0 Å². The summed E-state index contributed by atoms with van der Waals surface area (Å²) >= 11 is 6.22. The minimum Gasteiger partial charge on any atom is -0.476 e. The number of ether oxygens (including phenoxy) is 2. The van der Waals surface area contributed by atoms with Gasteiger partial charge in [-0.1, -0.05) is 44.9 Å². The highest BCUT2D eigenvalue weighted by Gasteiger charge is 2.11. The molecule has 0 aliphatic rings. The summed E-state index contributed by atoms with van der Waals surface area (Å²) in [6, 6.07) is 0. The molecule has 0 aromatic rings. The van der Waals surface area contributed by atoms with E-state index in [1.54, 1.807) is 0 Å². The molecule has 0 bridgehead atoms. The molecule has 0 heterocycles. The highest BCUT2D eigenvalue weighted by atomic mass is 32.2. The lowest BCUT2D eigenvalue weighted by Gasteiger charge is -2.14. The lowest BCUT2D eigenvalue weighted by molar-refractivity contribution is -0.141. The summed E-state index contributed by atoms with van der Waals surface area (Å²) in [5.74, 6) is 0.498. The molecular weight excluding hydrogens is 280 g/mol. The Balaban J connectivity index is 3.76. The predicted molar refractivity (Wildman–Crippen MR) is 85.5 cm³/mol. The van der Waals surface area contributed by atoms with E-state index in [2.05, 4.69) is 13.8 Å². The Bertz CT molecular complexity index is 267. The van der Waals surface area contributed by atoms with Crippen LogP contribution in [0.4, 0.5) is 0 Å². The molecule has 0 fully saturated rings. The second kappa shape index (κ2) is 11.5. The summed E-state index contributed by atoms with van der Waals surface area (Å²) in [5.41, 5.74) is 0. The summed E-state index contributed by atoms with van der Waals surface area (Å²) in [7, 11) is 0. The molecule has 1 atom stereocenters. The van der Waals surface area contributed by atoms with Crippen LogP contribution in [0, 0.1) is 5.92 Å². The maximum Gasteiger partial charge on any atom is 0.316 e. The molecule has 112 valence electrons. The van der Waals surface area contributed by atoms with Gasteiger partial charge in [-0.2, -0.15) is 0 Å². The molecule has 0 amide bonds. The Morgan fingerprint density at radius 2 is 2.00 bits per heavy atom. The largest absolute Gasteiger partial charge is 0.476 e. The molecule has 0 aromatic carbocycles. The van der Waals surface area contributed by atoms with Crippen molar-refractivity contribution >= 4 is 34.3 Å². The van der Waals surface area contributed by atoms with Gasteiger partial charge in [0.25, 0.3) is 0 Å². The maximum atomic E-state index is 11.6. The molecule has 0 rings (SSSR count). The van der Waals surface area contributed by atoms with Gasteiger partial charge in [-0.05, 0) is 38.4 Å². The van der Waals surface area contributed by atoms with Crippen molar-refractivity contribution in [2.45, 2.75) is 59.5 Å². The number of hydrogen-bond acceptors (Lipinski definition) is 5. The zero-order valence-electron chi connectivity index (χ0n) is 12.4. The van der Waals surface area contributed by atoms with Crippen molar-refractivity contribution in [3.63, 3.8) is 0 Å². The third-order valence-corrected chi connectivity index (χ3v) is 3.82. The SMILES string of the molecule is CCCCC(CC)COC(=O)CSC(=S)OC(C)C. The van der Waals surface area contributed by atoms with Crippen molar-refractivity contribution in [1.29, 1.82) is 0 Å². The van der Waals surface area contributed by atoms with Crippen molar-refractivity contribution in [3.8, 4) is 0 Å². The molecule has 0 aliphatic heterocycles. The third kappa shape index (κ3) is 11.3. The van der Waals surface area contributed by atoms with Crippen molar-refractivity contribution in [1.82, 2.24) is 0 Å². The molecule has 1 unspecified atom stereocenters. The molecule has 0 aliphatic carbocycles. The Morgan fingerprint density at radius 1 is 1.32 bits per heavy atom. The van der Waals surface area contributed by atoms with Crippen LogP contribution in [0.3, 0.4) is 0 Å². The number of esters is 1. The van der Waals surface area contributed by atoms with Crippen molar-refractivity contribution in [2.24, 2.45) is 5.92 Å². The van der Waals surface area contributed by atoms with Gasteiger partial charge in [0.2, 0.25) is 4.38 Å². The van der Waals surface area contributed by atoms with Crippen LogP contribution in [0.5, 0.6) is 0 Å². The number of hydrogen-bond donors (Lipinski definition) is 0. The highest BCUT2D eigenvalue weighted by molar-refractivity contribution is 8.23. The van der Waals surface area contributed by atoms with Crippen LogP contribution >= 0.6 is 24.0 Å². The number of thioether (sulfide) groups is 1. The van der Waals surface area contributed by atoms with E-state index >= 15 is 0 Å². The molecular formula is C14H26O3S2. The maximum absolute atomic E-state index is 11.6. The third-order valence-electron chi connectivity index (χ3n) is 2.66. The number of unbranched alkanes of at least 4 members (excludes halogenated alkanes) is 1. The minimum absolute atomic E-state index is 0.0505. The topological polar surface area (TPSA) is 35.5 Å². The second-order valence-electron chi connectivity index (χ2n) is 4.80. The van der Waals surface area contributed by atoms with Gasteiger partial charge in [-0.25, -0.2) is 0 Å². The Labute approximate surface area is 126 Å². The van der Waals surface area contributed by atoms with Crippen LogP contribution in [0.15, 0.2) is 0 Å². The predicted octanol–water partition coefficient (Wildman–Crippen LogP) is 4.19. The van der Waals surface area contributed by atoms with E-state index in [-0.39, 0.29) is 17.8 Å². The lowest BCUT2D eigenvalue weighted by atomic mass is 10.0. The van der Waals surface area contributed by atoms with E-state index < -0.39 is 0 Å². The molecule has 0 spiro atoms. The van der Waals surface area contributed by atoms with Gasteiger partial charge in [0.1, 0.15) is 0 Å². The fraction of sp³-hybridized carbons (Fsp3) is 0.857. The minimum atomic E-state index is -0.213. The van der Waals surface area contributed by atoms with Gasteiger partial charge in [0, 0.05) is 0 Å². The molecule has 0 aromatic heterocycles. The molecule has 0 saturated heterocycles. The number of rotatable bonds is 9. The van der Waals surface area contributed by atoms with Crippen LogP contribution in [-0.4, -0.2) is 28.8 Å². The van der Waals surface area contributed by atoms with Crippen LogP contribution in [-0.2, 0) is 14.3 Å². The van der Waals surface area contributed by atoms with Crippen LogP contribution < -0.4 is 0 Å². The molecule has 3 nitrogen and oxygen atoms in total. The Hall–Kier alpha value is -0.290. The Kier molecular flexibility index (Phi) is 11.4. The van der Waals surface area contributed by atoms with Gasteiger partial charge in [-0.3, -0.25) is 4.79 Å². The second-order valence-corrected chi connectivity index (χ2v) is 6.38. The first kappa shape index (κ1) is 18.7. The van der Waals surface area contributed by atoms with Crippen molar-refractivity contribution in [2.75, 3.05) is 12.4 Å². The molecule has 0 saturated carbocycles. The molecule has 0 N–H and O–H groups in total. The van der Waals surface area contributed by atoms with Gasteiger partial charge >= 0.3 is 5.97 Å². The fourth-order valence-corrected chi connectivity index (χ4v) is 2.44. The van der Waals surface area contributed by atoms with E-state index in [1.165, 1.54) is 24.6 Å². The quantitative estimate of drug-likeness (QED) is 0.471. The van der Waals surface area contributed by atoms with Crippen LogP contribution in [0.2, 0.25) is 0 Å². The van der Waals surface area contributed by atoms with E-state index in [4.69, 9.17) is 21.7 Å². The first-order valence-corrected chi connectivity index (χ1v) is 8.37. The summed E-state index contributed by atoms with van der Waals surface area (Å²) < 4.78 is 11.0. The molecule has 19 heavy (non-hydrogen) atoms. The van der Waals surface area contributed by atoms with E-state index in [0.29, 0.717) is 16.9 Å². The summed E-state index contributed by atoms with van der Waals surface area (Å²) in [4.78, 5) is 11.6. The van der Waals surface area contributed by atoms with Crippen molar-refractivity contribution < 1.29 is 14.3 Å². The summed E-state index contributed by atoms with van der Waals surface area (Å²) in [6.45, 7) is 8.64. The zero-order chi connectivity index (χ0) is 14.7. The van der Waals surface area contributed by atoms with Crippen LogP contribution in [0.1, 0.15) is 53.4 Å². The van der Waals surface area contributed by atoms with E-state index in [0.717, 1.165) is 12.8 Å². The highest BCUT2D eigenvalue weighted by Crippen LogP contribution is 2.14. The van der Waals surface area contributed by atoms with Gasteiger partial charge < -0.3 is 9.47 Å². The number of carbonyl (C=O) groups is 1. The standard InChI is InChI=1S/C14H26O3S2/c1-5-7-8-12(6-2)9-16-13(15)10-19-14(18)17-11(3)4/h11-12H,5-10H2,1-4H3. The smallest absolute Gasteiger partial charge is 0.316 e. The average Bonchev–Trinajstić information content (AvgIpc) is 2.35. The summed E-state index contributed by atoms with van der Waals surface area (Å²) in [6.07, 6.45) is 4.60. The molecule has 0 radical (unpaired) electrons.